The summed E-state index contributed by atoms with van der Waals surface area (Å²) in [5.41, 5.74) is 1.18. The van der Waals surface area contributed by atoms with Crippen molar-refractivity contribution in [3.63, 3.8) is 0 Å². The summed E-state index contributed by atoms with van der Waals surface area (Å²) in [7, 11) is 0. The molecule has 1 N–H and O–H groups in total. The predicted molar refractivity (Wildman–Crippen MR) is 81.9 cm³/mol. The molecule has 1 aromatic rings. The van der Waals surface area contributed by atoms with E-state index < -0.39 is 0 Å². The second-order valence-corrected chi connectivity index (χ2v) is 6.95. The molecule has 114 valence electrons. The van der Waals surface area contributed by atoms with E-state index in [9.17, 15) is 5.11 Å². The highest BCUT2D eigenvalue weighted by atomic mass is 32.1. The van der Waals surface area contributed by atoms with Gasteiger partial charge in [-0.2, -0.15) is 0 Å². The number of piperidine rings is 1. The Hall–Kier alpha value is -0.490. The number of nitrogens with zero attached hydrogens (tertiary/aromatic N) is 2. The zero-order valence-corrected chi connectivity index (χ0v) is 13.6. The number of hydrogen-bond donors (Lipinski definition) is 1. The smallest absolute Gasteiger partial charge is 0.122 e. The van der Waals surface area contributed by atoms with Crippen molar-refractivity contribution in [2.24, 2.45) is 5.41 Å². The quantitative estimate of drug-likeness (QED) is 0.877. The van der Waals surface area contributed by atoms with Crippen LogP contribution in [0.5, 0.6) is 0 Å². The van der Waals surface area contributed by atoms with Crippen LogP contribution in [0.1, 0.15) is 50.4 Å². The van der Waals surface area contributed by atoms with E-state index in [-0.39, 0.29) is 18.1 Å². The third-order valence-electron chi connectivity index (χ3n) is 3.96. The first-order chi connectivity index (χ1) is 9.56. The largest absolute Gasteiger partial charge is 0.396 e. The van der Waals surface area contributed by atoms with Crippen LogP contribution in [0.15, 0.2) is 5.38 Å². The van der Waals surface area contributed by atoms with Crippen molar-refractivity contribution in [2.45, 2.75) is 46.3 Å². The van der Waals surface area contributed by atoms with Crippen LogP contribution in [-0.2, 0) is 11.3 Å². The first-order valence-electron chi connectivity index (χ1n) is 7.45. The first kappa shape index (κ1) is 15.9. The number of likely N-dealkylation sites (tertiary alicyclic amines) is 1. The van der Waals surface area contributed by atoms with E-state index in [0.29, 0.717) is 0 Å². The summed E-state index contributed by atoms with van der Waals surface area (Å²) < 4.78 is 5.58. The van der Waals surface area contributed by atoms with E-state index in [1.54, 1.807) is 11.3 Å². The number of rotatable bonds is 6. The maximum absolute atomic E-state index is 9.51. The van der Waals surface area contributed by atoms with Gasteiger partial charge in [-0.25, -0.2) is 4.98 Å². The van der Waals surface area contributed by atoms with Crippen molar-refractivity contribution < 1.29 is 9.84 Å². The van der Waals surface area contributed by atoms with Gasteiger partial charge in [-0.1, -0.05) is 6.92 Å². The monoisotopic (exact) mass is 298 g/mol. The van der Waals surface area contributed by atoms with Gasteiger partial charge in [-0.15, -0.1) is 11.3 Å². The highest BCUT2D eigenvalue weighted by Crippen LogP contribution is 2.30. The lowest BCUT2D eigenvalue weighted by atomic mass is 9.83. The Balaban J connectivity index is 1.93. The summed E-state index contributed by atoms with van der Waals surface area (Å²) in [6.07, 6.45) is 2.36. The molecule has 20 heavy (non-hydrogen) atoms. The van der Waals surface area contributed by atoms with Gasteiger partial charge in [-0.3, -0.25) is 4.90 Å². The number of aromatic nitrogens is 1. The Morgan fingerprint density at radius 2 is 2.40 bits per heavy atom. The van der Waals surface area contributed by atoms with Crippen LogP contribution in [-0.4, -0.2) is 41.3 Å². The maximum atomic E-state index is 9.51. The molecule has 0 spiro atoms. The summed E-state index contributed by atoms with van der Waals surface area (Å²) in [5, 5.41) is 12.7. The van der Waals surface area contributed by atoms with Gasteiger partial charge in [0.2, 0.25) is 0 Å². The molecule has 1 aliphatic rings. The first-order valence-corrected chi connectivity index (χ1v) is 8.33. The molecule has 0 amide bonds. The Morgan fingerprint density at radius 3 is 3.10 bits per heavy atom. The molecule has 2 atom stereocenters. The third kappa shape index (κ3) is 4.01. The standard InChI is InChI=1S/C15H26N2O2S/c1-4-19-12(2)14-16-13(9-20-14)8-17-7-5-6-15(3,10-17)11-18/h9,12,18H,4-8,10-11H2,1-3H3. The number of ether oxygens (including phenoxy) is 1. The highest BCUT2D eigenvalue weighted by Gasteiger charge is 2.30. The van der Waals surface area contributed by atoms with E-state index >= 15 is 0 Å². The topological polar surface area (TPSA) is 45.6 Å². The molecule has 2 heterocycles. The van der Waals surface area contributed by atoms with Gasteiger partial charge in [-0.05, 0) is 33.2 Å². The van der Waals surface area contributed by atoms with Crippen LogP contribution >= 0.6 is 11.3 Å². The summed E-state index contributed by atoms with van der Waals surface area (Å²) in [6, 6.07) is 0. The number of hydrogen-bond acceptors (Lipinski definition) is 5. The molecule has 0 aromatic carbocycles. The predicted octanol–water partition coefficient (Wildman–Crippen LogP) is 2.84. The molecular formula is C15H26N2O2S. The molecule has 1 saturated heterocycles. The number of aliphatic hydroxyl groups is 1. The summed E-state index contributed by atoms with van der Waals surface area (Å²) >= 11 is 1.68. The van der Waals surface area contributed by atoms with Crippen molar-refractivity contribution in [1.82, 2.24) is 9.88 Å². The summed E-state index contributed by atoms with van der Waals surface area (Å²) in [4.78, 5) is 7.09. The van der Waals surface area contributed by atoms with Gasteiger partial charge in [0.15, 0.2) is 0 Å². The third-order valence-corrected chi connectivity index (χ3v) is 5.02. The Morgan fingerprint density at radius 1 is 1.60 bits per heavy atom. The van der Waals surface area contributed by atoms with E-state index in [1.807, 2.05) is 6.92 Å². The molecule has 2 rings (SSSR count). The lowest BCUT2D eigenvalue weighted by molar-refractivity contribution is 0.0422. The summed E-state index contributed by atoms with van der Waals surface area (Å²) in [6.45, 7) is 10.2. The second kappa shape index (κ2) is 6.98. The molecule has 2 unspecified atom stereocenters. The SMILES string of the molecule is CCOC(C)c1nc(CN2CCCC(C)(CO)C2)cs1. The van der Waals surface area contributed by atoms with Gasteiger partial charge in [0.05, 0.1) is 5.69 Å². The minimum atomic E-state index is 0.0513. The number of aliphatic hydroxyl groups excluding tert-OH is 1. The Bertz CT molecular complexity index is 424. The van der Waals surface area contributed by atoms with Crippen LogP contribution in [0, 0.1) is 5.41 Å². The zero-order valence-electron chi connectivity index (χ0n) is 12.8. The minimum Gasteiger partial charge on any atom is -0.396 e. The van der Waals surface area contributed by atoms with Crippen LogP contribution in [0.4, 0.5) is 0 Å². The van der Waals surface area contributed by atoms with Crippen molar-refractivity contribution in [1.29, 1.82) is 0 Å². The average molecular weight is 298 g/mol. The average Bonchev–Trinajstić information content (AvgIpc) is 2.88. The molecular weight excluding hydrogens is 272 g/mol. The van der Waals surface area contributed by atoms with Crippen LogP contribution in [0.3, 0.4) is 0 Å². The van der Waals surface area contributed by atoms with Gasteiger partial charge in [0, 0.05) is 37.1 Å². The molecule has 1 aliphatic heterocycles. The molecule has 0 radical (unpaired) electrons. The zero-order chi connectivity index (χ0) is 14.6. The lowest BCUT2D eigenvalue weighted by Gasteiger charge is -2.39. The molecule has 0 bridgehead atoms. The van der Waals surface area contributed by atoms with Gasteiger partial charge in [0.25, 0.3) is 0 Å². The van der Waals surface area contributed by atoms with E-state index in [2.05, 4.69) is 29.1 Å². The van der Waals surface area contributed by atoms with Gasteiger partial charge < -0.3 is 9.84 Å². The Kier molecular flexibility index (Phi) is 5.55. The molecule has 0 saturated carbocycles. The second-order valence-electron chi connectivity index (χ2n) is 6.06. The maximum Gasteiger partial charge on any atom is 0.122 e. The fraction of sp³-hybridized carbons (Fsp3) is 0.800. The number of thiazole rings is 1. The molecule has 5 heteroatoms. The normalized spacial score (nSPS) is 25.8. The highest BCUT2D eigenvalue weighted by molar-refractivity contribution is 7.09. The molecule has 1 aromatic heterocycles. The van der Waals surface area contributed by atoms with Crippen molar-refractivity contribution in [3.05, 3.63) is 16.1 Å². The van der Waals surface area contributed by atoms with Crippen molar-refractivity contribution >= 4 is 11.3 Å². The van der Waals surface area contributed by atoms with Crippen molar-refractivity contribution in [2.75, 3.05) is 26.3 Å². The van der Waals surface area contributed by atoms with Gasteiger partial charge >= 0.3 is 0 Å². The van der Waals surface area contributed by atoms with Crippen molar-refractivity contribution in [3.8, 4) is 0 Å². The van der Waals surface area contributed by atoms with Gasteiger partial charge in [0.1, 0.15) is 11.1 Å². The fourth-order valence-electron chi connectivity index (χ4n) is 2.82. The van der Waals surface area contributed by atoms with Crippen LogP contribution < -0.4 is 0 Å². The molecule has 0 aliphatic carbocycles. The minimum absolute atomic E-state index is 0.0513. The van der Waals surface area contributed by atoms with E-state index in [0.717, 1.165) is 49.8 Å². The van der Waals surface area contributed by atoms with E-state index in [4.69, 9.17) is 4.74 Å². The van der Waals surface area contributed by atoms with E-state index in [1.165, 1.54) is 0 Å². The van der Waals surface area contributed by atoms with Crippen LogP contribution in [0.2, 0.25) is 0 Å². The molecule has 4 nitrogen and oxygen atoms in total. The van der Waals surface area contributed by atoms with Crippen LogP contribution in [0.25, 0.3) is 0 Å². The molecule has 1 fully saturated rings. The Labute approximate surface area is 125 Å². The lowest BCUT2D eigenvalue weighted by Crippen LogP contribution is -2.43. The fourth-order valence-corrected chi connectivity index (χ4v) is 3.64. The summed E-state index contributed by atoms with van der Waals surface area (Å²) in [5.74, 6) is 0.